The average molecular weight is 854 g/mol. The number of nitrogens with zero attached hydrogens (tertiary/aromatic N) is 4. The van der Waals surface area contributed by atoms with Crippen LogP contribution in [0.2, 0.25) is 0 Å². The topological polar surface area (TPSA) is 43.6 Å². The van der Waals surface area contributed by atoms with E-state index in [0.29, 0.717) is 11.6 Å². The summed E-state index contributed by atoms with van der Waals surface area (Å²) in [5.74, 6) is 0.668. The molecule has 0 N–H and O–H groups in total. The van der Waals surface area contributed by atoms with E-state index in [1.165, 1.54) is 5.56 Å². The molecule has 306 valence electrons. The Hall–Kier alpha value is -7.99. The van der Waals surface area contributed by atoms with Crippen LogP contribution in [0.1, 0.15) is 31.8 Å². The number of aromatic nitrogens is 4. The maximum atomic E-state index is 9.18. The van der Waals surface area contributed by atoms with Gasteiger partial charge in [-0.3, -0.25) is 0 Å². The van der Waals surface area contributed by atoms with Gasteiger partial charge in [-0.2, -0.15) is 0 Å². The van der Waals surface area contributed by atoms with Crippen molar-refractivity contribution in [3.05, 3.63) is 217 Å². The Morgan fingerprint density at radius 3 is 1.86 bits per heavy atom. The Morgan fingerprint density at radius 1 is 0.462 bits per heavy atom. The van der Waals surface area contributed by atoms with Crippen molar-refractivity contribution in [3.63, 3.8) is 0 Å². The smallest absolute Gasteiger partial charge is 0.165 e. The second-order valence-corrected chi connectivity index (χ2v) is 18.2. The molecule has 0 amide bonds. The van der Waals surface area contributed by atoms with E-state index in [0.717, 1.165) is 97.7 Å². The van der Waals surface area contributed by atoms with Gasteiger partial charge < -0.3 is 4.57 Å². The quantitative estimate of drug-likeness (QED) is 0.167. The molecule has 0 unspecified atom stereocenters. The fraction of sp³-hybridized carbons (Fsp3) is 0.0500. The van der Waals surface area contributed by atoms with Gasteiger partial charge >= 0.3 is 0 Å². The van der Waals surface area contributed by atoms with Gasteiger partial charge in [0.1, 0.15) is 0 Å². The molecule has 1 aliphatic carbocycles. The van der Waals surface area contributed by atoms with Crippen molar-refractivity contribution in [2.75, 3.05) is 0 Å². The Labute approximate surface area is 387 Å². The average Bonchev–Trinajstić information content (AvgIpc) is 4.03. The first-order valence-corrected chi connectivity index (χ1v) is 22.6. The third-order valence-corrected chi connectivity index (χ3v) is 14.3. The normalized spacial score (nSPS) is 14.0. The standard InChI is InChI=1S/C60H40N4S/c1-60(2)50-30-12-9-24-43(50)46-28-16-29-47(55(46)60)58-61-57(38-20-7-4-8-21-38)62-59(63-58)49-36-41(64-51-31-13-10-25-44(51)45-26-11-14-32-52(45)64)35-48-54-42(27-17-33-53(54)65-56(48)49)40-23-15-22-39(34-40)37-18-5-3-6-19-37/h3-36H,1-2H3/i4D,7D,8D,20D,21D. The molecule has 65 heavy (non-hydrogen) atoms. The fourth-order valence-corrected chi connectivity index (χ4v) is 11.5. The molecule has 3 aromatic heterocycles. The van der Waals surface area contributed by atoms with Gasteiger partial charge in [0.2, 0.25) is 0 Å². The summed E-state index contributed by atoms with van der Waals surface area (Å²) in [4.78, 5) is 15.8. The summed E-state index contributed by atoms with van der Waals surface area (Å²) in [6, 6.07) is 59.4. The molecule has 0 bridgehead atoms. The lowest BCUT2D eigenvalue weighted by atomic mass is 9.80. The number of rotatable bonds is 6. The monoisotopic (exact) mass is 853 g/mol. The number of hydrogen-bond donors (Lipinski definition) is 0. The second-order valence-electron chi connectivity index (χ2n) is 17.2. The van der Waals surface area contributed by atoms with Crippen LogP contribution < -0.4 is 0 Å². The summed E-state index contributed by atoms with van der Waals surface area (Å²) in [5.41, 5.74) is 12.9. The molecular formula is C60H40N4S. The predicted molar refractivity (Wildman–Crippen MR) is 272 cm³/mol. The van der Waals surface area contributed by atoms with Crippen LogP contribution in [0, 0.1) is 0 Å². The molecule has 0 saturated carbocycles. The second kappa shape index (κ2) is 14.5. The maximum absolute atomic E-state index is 9.18. The van der Waals surface area contributed by atoms with E-state index in [2.05, 4.69) is 176 Å². The highest BCUT2D eigenvalue weighted by Crippen LogP contribution is 2.52. The minimum Gasteiger partial charge on any atom is -0.309 e. The van der Waals surface area contributed by atoms with Gasteiger partial charge in [-0.15, -0.1) is 11.3 Å². The van der Waals surface area contributed by atoms with E-state index in [9.17, 15) is 2.74 Å². The van der Waals surface area contributed by atoms with E-state index in [4.69, 9.17) is 19.1 Å². The van der Waals surface area contributed by atoms with Crippen molar-refractivity contribution >= 4 is 53.3 Å². The molecule has 4 nitrogen and oxygen atoms in total. The molecule has 12 aromatic rings. The molecule has 5 heteroatoms. The van der Waals surface area contributed by atoms with Crippen molar-refractivity contribution in [2.45, 2.75) is 19.3 Å². The van der Waals surface area contributed by atoms with Crippen LogP contribution in [0.4, 0.5) is 0 Å². The van der Waals surface area contributed by atoms with Gasteiger partial charge in [-0.25, -0.2) is 15.0 Å². The van der Waals surface area contributed by atoms with Crippen LogP contribution in [-0.4, -0.2) is 19.5 Å². The summed E-state index contributed by atoms with van der Waals surface area (Å²) in [7, 11) is 0. The van der Waals surface area contributed by atoms with Gasteiger partial charge in [-0.1, -0.05) is 184 Å². The summed E-state index contributed by atoms with van der Waals surface area (Å²) in [5, 5.41) is 4.36. The van der Waals surface area contributed by atoms with Gasteiger partial charge in [0, 0.05) is 58.7 Å². The van der Waals surface area contributed by atoms with E-state index in [-0.39, 0.29) is 23.5 Å². The Kier molecular flexibility index (Phi) is 7.30. The maximum Gasteiger partial charge on any atom is 0.165 e. The largest absolute Gasteiger partial charge is 0.309 e. The van der Waals surface area contributed by atoms with Crippen LogP contribution in [0.25, 0.3) is 115 Å². The third-order valence-electron chi connectivity index (χ3n) is 13.1. The van der Waals surface area contributed by atoms with Crippen LogP contribution in [0.3, 0.4) is 0 Å². The van der Waals surface area contributed by atoms with Crippen LogP contribution in [-0.2, 0) is 5.41 Å². The van der Waals surface area contributed by atoms with E-state index < -0.39 is 23.5 Å². The molecule has 0 radical (unpaired) electrons. The lowest BCUT2D eigenvalue weighted by Gasteiger charge is -2.24. The molecule has 0 aliphatic heterocycles. The van der Waals surface area contributed by atoms with Crippen molar-refractivity contribution in [1.82, 2.24) is 19.5 Å². The molecule has 0 saturated heterocycles. The number of para-hydroxylation sites is 2. The molecular weight excluding hydrogens is 809 g/mol. The number of fused-ring (bicyclic) bond motifs is 9. The van der Waals surface area contributed by atoms with E-state index in [1.54, 1.807) is 11.3 Å². The highest BCUT2D eigenvalue weighted by molar-refractivity contribution is 7.26. The zero-order valence-electron chi connectivity index (χ0n) is 40.4. The van der Waals surface area contributed by atoms with Crippen molar-refractivity contribution in [1.29, 1.82) is 0 Å². The first-order chi connectivity index (χ1) is 34.1. The first-order valence-electron chi connectivity index (χ1n) is 24.3. The third kappa shape index (κ3) is 5.86. The molecule has 13 rings (SSSR count). The van der Waals surface area contributed by atoms with E-state index in [1.807, 2.05) is 18.2 Å². The molecule has 0 fully saturated rings. The zero-order chi connectivity index (χ0) is 47.6. The molecule has 9 aromatic carbocycles. The Morgan fingerprint density at radius 2 is 1.06 bits per heavy atom. The molecule has 0 spiro atoms. The summed E-state index contributed by atoms with van der Waals surface area (Å²) < 4.78 is 48.6. The lowest BCUT2D eigenvalue weighted by Crippen LogP contribution is -2.17. The highest BCUT2D eigenvalue weighted by atomic mass is 32.1. The summed E-state index contributed by atoms with van der Waals surface area (Å²) in [6.07, 6.45) is 0. The SMILES string of the molecule is [2H]c1c([2H])c([2H])c(-c2nc(-c3cccc4c3C(C)(C)c3ccccc3-4)nc(-c3cc(-n4c5ccccc5c5ccccc54)cc4c3sc3cccc(-c5cccc(-c6ccccc6)c5)c34)n2)c([2H])c1[2H]. The Balaban J connectivity index is 1.15. The molecule has 3 heterocycles. The number of thiophene rings is 1. The van der Waals surface area contributed by atoms with Crippen LogP contribution >= 0.6 is 11.3 Å². The number of hydrogen-bond acceptors (Lipinski definition) is 4. The predicted octanol–water partition coefficient (Wildman–Crippen LogP) is 16.0. The van der Waals surface area contributed by atoms with Crippen molar-refractivity contribution in [2.24, 2.45) is 0 Å². The summed E-state index contributed by atoms with van der Waals surface area (Å²) in [6.45, 7) is 4.42. The zero-order valence-corrected chi connectivity index (χ0v) is 36.3. The fourth-order valence-electron chi connectivity index (χ4n) is 10.3. The molecule has 0 atom stereocenters. The minimum absolute atomic E-state index is 0.00198. The van der Waals surface area contributed by atoms with Gasteiger partial charge in [0.15, 0.2) is 17.5 Å². The summed E-state index contributed by atoms with van der Waals surface area (Å²) >= 11 is 1.67. The molecule has 1 aliphatic rings. The van der Waals surface area contributed by atoms with Crippen molar-refractivity contribution < 1.29 is 6.85 Å². The lowest BCUT2D eigenvalue weighted by molar-refractivity contribution is 0.661. The van der Waals surface area contributed by atoms with Crippen LogP contribution in [0.5, 0.6) is 0 Å². The van der Waals surface area contributed by atoms with Gasteiger partial charge in [0.05, 0.1) is 17.9 Å². The first kappa shape index (κ1) is 32.7. The van der Waals surface area contributed by atoms with Crippen molar-refractivity contribution in [3.8, 4) is 73.2 Å². The minimum atomic E-state index is -0.482. The van der Waals surface area contributed by atoms with Gasteiger partial charge in [-0.05, 0) is 80.9 Å². The number of benzene rings is 9. The van der Waals surface area contributed by atoms with Gasteiger partial charge in [0.25, 0.3) is 0 Å². The van der Waals surface area contributed by atoms with Crippen LogP contribution in [0.15, 0.2) is 206 Å². The Bertz CT molecular complexity index is 4090. The highest BCUT2D eigenvalue weighted by Gasteiger charge is 2.38. The van der Waals surface area contributed by atoms with E-state index >= 15 is 0 Å².